The first-order valence-corrected chi connectivity index (χ1v) is 4.23. The number of allylic oxidation sites excluding steroid dienone is 1. The lowest BCUT2D eigenvalue weighted by Crippen LogP contribution is -1.98. The molecule has 13 heavy (non-hydrogen) atoms. The molecule has 0 saturated heterocycles. The Kier molecular flexibility index (Phi) is 3.26. The van der Waals surface area contributed by atoms with Crippen LogP contribution in [0, 0.1) is 0 Å². The lowest BCUT2D eigenvalue weighted by atomic mass is 10.1. The van der Waals surface area contributed by atoms with Crippen LogP contribution in [0.1, 0.15) is 23.2 Å². The molecule has 1 aromatic carbocycles. The van der Waals surface area contributed by atoms with E-state index in [1.54, 1.807) is 30.3 Å². The van der Waals surface area contributed by atoms with Gasteiger partial charge in [0.25, 0.3) is 0 Å². The molecule has 0 unspecified atom stereocenters. The molecule has 0 spiro atoms. The summed E-state index contributed by atoms with van der Waals surface area (Å²) >= 11 is 0. The Labute approximate surface area is 78.1 Å². The number of rotatable bonds is 4. The molecule has 0 radical (unpaired) electrons. The molecule has 0 bridgehead atoms. The maximum atomic E-state index is 11.4. The molecule has 1 aromatic rings. The molecule has 0 heterocycles. The van der Waals surface area contributed by atoms with Gasteiger partial charge in [0.15, 0.2) is 5.78 Å². The number of Topliss-reactive ketones (excluding diaryl/α,β-unsaturated/α-hetero) is 1. The predicted molar refractivity (Wildman–Crippen MR) is 54.6 cm³/mol. The van der Waals surface area contributed by atoms with Gasteiger partial charge in [-0.3, -0.25) is 4.79 Å². The third-order valence-electron chi connectivity index (χ3n) is 1.81. The molecule has 2 heteroatoms. The topological polar surface area (TPSA) is 43.1 Å². The number of hydrogen-bond donors (Lipinski definition) is 1. The number of benzene rings is 1. The number of carbonyl (C=O) groups excluding carboxylic acids is 1. The smallest absolute Gasteiger partial charge is 0.163 e. The SMILES string of the molecule is C=CCCC(=O)c1ccc(N)cc1. The molecule has 0 atom stereocenters. The Morgan fingerprint density at radius 3 is 2.54 bits per heavy atom. The van der Waals surface area contributed by atoms with E-state index in [9.17, 15) is 4.79 Å². The van der Waals surface area contributed by atoms with Gasteiger partial charge in [-0.2, -0.15) is 0 Å². The Bertz CT molecular complexity index is 300. The number of carbonyl (C=O) groups is 1. The van der Waals surface area contributed by atoms with E-state index < -0.39 is 0 Å². The number of hydrogen-bond acceptors (Lipinski definition) is 2. The molecule has 0 saturated carbocycles. The third-order valence-corrected chi connectivity index (χ3v) is 1.81. The van der Waals surface area contributed by atoms with E-state index in [0.717, 1.165) is 12.0 Å². The molecular weight excluding hydrogens is 162 g/mol. The second kappa shape index (κ2) is 4.45. The van der Waals surface area contributed by atoms with Crippen LogP contribution in [-0.2, 0) is 0 Å². The van der Waals surface area contributed by atoms with Crippen LogP contribution in [0.15, 0.2) is 36.9 Å². The summed E-state index contributed by atoms with van der Waals surface area (Å²) in [6.07, 6.45) is 2.99. The highest BCUT2D eigenvalue weighted by Gasteiger charge is 2.02. The molecule has 1 rings (SSSR count). The van der Waals surface area contributed by atoms with E-state index in [1.807, 2.05) is 0 Å². The van der Waals surface area contributed by atoms with Crippen LogP contribution in [0.4, 0.5) is 5.69 Å². The molecule has 0 aliphatic carbocycles. The summed E-state index contributed by atoms with van der Waals surface area (Å²) in [7, 11) is 0. The fourth-order valence-corrected chi connectivity index (χ4v) is 1.05. The van der Waals surface area contributed by atoms with Crippen molar-refractivity contribution in [2.45, 2.75) is 12.8 Å². The van der Waals surface area contributed by atoms with Crippen molar-refractivity contribution in [3.63, 3.8) is 0 Å². The highest BCUT2D eigenvalue weighted by molar-refractivity contribution is 5.96. The first kappa shape index (κ1) is 9.52. The van der Waals surface area contributed by atoms with Crippen LogP contribution in [0.25, 0.3) is 0 Å². The van der Waals surface area contributed by atoms with Gasteiger partial charge in [-0.05, 0) is 30.7 Å². The minimum absolute atomic E-state index is 0.139. The second-order valence-electron chi connectivity index (χ2n) is 2.87. The zero-order valence-corrected chi connectivity index (χ0v) is 7.49. The van der Waals surface area contributed by atoms with Crippen LogP contribution >= 0.6 is 0 Å². The summed E-state index contributed by atoms with van der Waals surface area (Å²) in [5.74, 6) is 0.139. The van der Waals surface area contributed by atoms with E-state index in [-0.39, 0.29) is 5.78 Å². The Balaban J connectivity index is 2.66. The Morgan fingerprint density at radius 2 is 2.00 bits per heavy atom. The summed E-state index contributed by atoms with van der Waals surface area (Å²) in [6.45, 7) is 3.57. The zero-order chi connectivity index (χ0) is 9.68. The number of anilines is 1. The molecule has 0 aromatic heterocycles. The van der Waals surface area contributed by atoms with Gasteiger partial charge in [-0.15, -0.1) is 6.58 Å². The van der Waals surface area contributed by atoms with Gasteiger partial charge in [0.1, 0.15) is 0 Å². The van der Waals surface area contributed by atoms with E-state index >= 15 is 0 Å². The fourth-order valence-electron chi connectivity index (χ4n) is 1.05. The highest BCUT2D eigenvalue weighted by atomic mass is 16.1. The monoisotopic (exact) mass is 175 g/mol. The van der Waals surface area contributed by atoms with Crippen molar-refractivity contribution in [2.24, 2.45) is 0 Å². The van der Waals surface area contributed by atoms with Gasteiger partial charge in [-0.25, -0.2) is 0 Å². The molecule has 0 aliphatic rings. The fraction of sp³-hybridized carbons (Fsp3) is 0.182. The van der Waals surface area contributed by atoms with Gasteiger partial charge < -0.3 is 5.73 Å². The van der Waals surface area contributed by atoms with Crippen LogP contribution in [0.5, 0.6) is 0 Å². The molecular formula is C11H13NO. The maximum Gasteiger partial charge on any atom is 0.163 e. The quantitative estimate of drug-likeness (QED) is 0.434. The van der Waals surface area contributed by atoms with Crippen molar-refractivity contribution >= 4 is 11.5 Å². The van der Waals surface area contributed by atoms with E-state index in [4.69, 9.17) is 5.73 Å². The molecule has 2 nitrogen and oxygen atoms in total. The minimum atomic E-state index is 0.139. The molecule has 0 aliphatic heterocycles. The predicted octanol–water partition coefficient (Wildman–Crippen LogP) is 2.42. The van der Waals surface area contributed by atoms with Gasteiger partial charge in [0, 0.05) is 17.7 Å². The van der Waals surface area contributed by atoms with Gasteiger partial charge in [-0.1, -0.05) is 6.08 Å². The van der Waals surface area contributed by atoms with Gasteiger partial charge >= 0.3 is 0 Å². The van der Waals surface area contributed by atoms with Crippen molar-refractivity contribution < 1.29 is 4.79 Å². The minimum Gasteiger partial charge on any atom is -0.399 e. The number of ketones is 1. The van der Waals surface area contributed by atoms with Crippen LogP contribution < -0.4 is 5.73 Å². The van der Waals surface area contributed by atoms with Crippen molar-refractivity contribution in [2.75, 3.05) is 5.73 Å². The van der Waals surface area contributed by atoms with E-state index in [2.05, 4.69) is 6.58 Å². The molecule has 2 N–H and O–H groups in total. The Hall–Kier alpha value is -1.57. The van der Waals surface area contributed by atoms with E-state index in [0.29, 0.717) is 12.1 Å². The zero-order valence-electron chi connectivity index (χ0n) is 7.49. The molecule has 68 valence electrons. The average Bonchev–Trinajstić information content (AvgIpc) is 2.15. The number of nitrogen functional groups attached to an aromatic ring is 1. The van der Waals surface area contributed by atoms with Gasteiger partial charge in [0.2, 0.25) is 0 Å². The first-order valence-electron chi connectivity index (χ1n) is 4.23. The normalized spacial score (nSPS) is 9.54. The lowest BCUT2D eigenvalue weighted by Gasteiger charge is -1.98. The van der Waals surface area contributed by atoms with Crippen molar-refractivity contribution in [3.05, 3.63) is 42.5 Å². The number of nitrogens with two attached hydrogens (primary N) is 1. The van der Waals surface area contributed by atoms with Crippen molar-refractivity contribution in [1.29, 1.82) is 0 Å². The summed E-state index contributed by atoms with van der Waals surface area (Å²) < 4.78 is 0. The Morgan fingerprint density at radius 1 is 1.38 bits per heavy atom. The largest absolute Gasteiger partial charge is 0.399 e. The summed E-state index contributed by atoms with van der Waals surface area (Å²) in [5.41, 5.74) is 6.90. The second-order valence-corrected chi connectivity index (χ2v) is 2.87. The molecule has 0 amide bonds. The first-order chi connectivity index (χ1) is 6.24. The summed E-state index contributed by atoms with van der Waals surface area (Å²) in [4.78, 5) is 11.4. The average molecular weight is 175 g/mol. The lowest BCUT2D eigenvalue weighted by molar-refractivity contribution is 0.0984. The van der Waals surface area contributed by atoms with Crippen LogP contribution in [-0.4, -0.2) is 5.78 Å². The van der Waals surface area contributed by atoms with Gasteiger partial charge in [0.05, 0.1) is 0 Å². The van der Waals surface area contributed by atoms with Crippen molar-refractivity contribution in [3.8, 4) is 0 Å². The summed E-state index contributed by atoms with van der Waals surface area (Å²) in [5, 5.41) is 0. The van der Waals surface area contributed by atoms with Crippen LogP contribution in [0.3, 0.4) is 0 Å². The maximum absolute atomic E-state index is 11.4. The standard InChI is InChI=1S/C11H13NO/c1-2-3-4-11(13)9-5-7-10(12)8-6-9/h2,5-8H,1,3-4,12H2. The van der Waals surface area contributed by atoms with Crippen LogP contribution in [0.2, 0.25) is 0 Å². The molecule has 0 fully saturated rings. The van der Waals surface area contributed by atoms with E-state index in [1.165, 1.54) is 0 Å². The third kappa shape index (κ3) is 2.75. The van der Waals surface area contributed by atoms with Crippen molar-refractivity contribution in [1.82, 2.24) is 0 Å². The summed E-state index contributed by atoms with van der Waals surface area (Å²) in [6, 6.07) is 6.98. The highest BCUT2D eigenvalue weighted by Crippen LogP contribution is 2.08.